The summed E-state index contributed by atoms with van der Waals surface area (Å²) in [6.07, 6.45) is 1.31. The van der Waals surface area contributed by atoms with E-state index in [0.29, 0.717) is 26.3 Å². The van der Waals surface area contributed by atoms with Gasteiger partial charge in [0.05, 0.1) is 19.3 Å². The molecule has 1 fully saturated rings. The van der Waals surface area contributed by atoms with Gasteiger partial charge in [0.25, 0.3) is 0 Å². The number of hydrogen-bond donors (Lipinski definition) is 2. The molecule has 1 aliphatic rings. The van der Waals surface area contributed by atoms with Gasteiger partial charge in [0.1, 0.15) is 6.10 Å². The Balaban J connectivity index is 1.59. The first-order chi connectivity index (χ1) is 10.7. The summed E-state index contributed by atoms with van der Waals surface area (Å²) in [4.78, 5) is 12.0. The lowest BCUT2D eigenvalue weighted by Gasteiger charge is -2.16. The number of carbonyl (C=O) groups is 1. The van der Waals surface area contributed by atoms with Crippen LogP contribution in [0.15, 0.2) is 30.3 Å². The minimum Gasteiger partial charge on any atom is -0.376 e. The van der Waals surface area contributed by atoms with E-state index in [4.69, 9.17) is 15.2 Å². The van der Waals surface area contributed by atoms with Gasteiger partial charge in [0.2, 0.25) is 5.91 Å². The van der Waals surface area contributed by atoms with Crippen LogP contribution in [0.5, 0.6) is 0 Å². The highest BCUT2D eigenvalue weighted by Gasteiger charge is 2.29. The topological polar surface area (TPSA) is 73.6 Å². The van der Waals surface area contributed by atoms with E-state index in [9.17, 15) is 4.79 Å². The maximum atomic E-state index is 12.0. The molecule has 0 radical (unpaired) electrons. The molecule has 1 heterocycles. The summed E-state index contributed by atoms with van der Waals surface area (Å²) in [7, 11) is 0. The fraction of sp³-hybridized carbons (Fsp3) is 0.588. The fourth-order valence-corrected chi connectivity index (χ4v) is 2.47. The smallest absolute Gasteiger partial charge is 0.249 e. The van der Waals surface area contributed by atoms with Gasteiger partial charge in [-0.3, -0.25) is 4.79 Å². The van der Waals surface area contributed by atoms with Crippen LogP contribution in [0.25, 0.3) is 0 Å². The molecule has 1 aromatic carbocycles. The van der Waals surface area contributed by atoms with Crippen LogP contribution in [0.3, 0.4) is 0 Å². The second-order valence-electron chi connectivity index (χ2n) is 5.91. The average molecular weight is 306 g/mol. The average Bonchev–Trinajstić information content (AvgIpc) is 3.03. The van der Waals surface area contributed by atoms with Crippen molar-refractivity contribution in [1.82, 2.24) is 5.32 Å². The molecule has 1 unspecified atom stereocenters. The number of nitrogens with two attached hydrogens (primary N) is 1. The summed E-state index contributed by atoms with van der Waals surface area (Å²) in [6.45, 7) is 4.35. The van der Waals surface area contributed by atoms with Gasteiger partial charge in [0, 0.05) is 13.1 Å². The van der Waals surface area contributed by atoms with Crippen LogP contribution in [-0.4, -0.2) is 37.8 Å². The van der Waals surface area contributed by atoms with Gasteiger partial charge in [-0.25, -0.2) is 0 Å². The van der Waals surface area contributed by atoms with Gasteiger partial charge in [0.15, 0.2) is 0 Å². The van der Waals surface area contributed by atoms with Crippen molar-refractivity contribution >= 4 is 5.91 Å². The van der Waals surface area contributed by atoms with Crippen molar-refractivity contribution < 1.29 is 14.3 Å². The van der Waals surface area contributed by atoms with E-state index in [1.165, 1.54) is 0 Å². The molecule has 1 aromatic rings. The molecule has 1 saturated heterocycles. The van der Waals surface area contributed by atoms with Crippen molar-refractivity contribution in [3.63, 3.8) is 0 Å². The van der Waals surface area contributed by atoms with Gasteiger partial charge in [-0.15, -0.1) is 0 Å². The predicted octanol–water partition coefficient (Wildman–Crippen LogP) is 1.46. The third-order valence-electron chi connectivity index (χ3n) is 3.80. The zero-order chi connectivity index (χ0) is 15.8. The van der Waals surface area contributed by atoms with Crippen molar-refractivity contribution in [2.45, 2.75) is 38.6 Å². The first-order valence-electron chi connectivity index (χ1n) is 7.94. The number of amides is 1. The maximum Gasteiger partial charge on any atom is 0.249 e. The van der Waals surface area contributed by atoms with Crippen molar-refractivity contribution in [2.24, 2.45) is 11.7 Å². The van der Waals surface area contributed by atoms with Crippen LogP contribution in [0.4, 0.5) is 0 Å². The molecule has 0 bridgehead atoms. The van der Waals surface area contributed by atoms with Crippen LogP contribution in [0, 0.1) is 5.92 Å². The Kier molecular flexibility index (Phi) is 6.83. The highest BCUT2D eigenvalue weighted by molar-refractivity contribution is 5.81. The lowest BCUT2D eigenvalue weighted by atomic mass is 10.1. The van der Waals surface area contributed by atoms with Crippen LogP contribution in [-0.2, 0) is 20.9 Å². The van der Waals surface area contributed by atoms with Gasteiger partial charge in [-0.1, -0.05) is 37.3 Å². The summed E-state index contributed by atoms with van der Waals surface area (Å²) in [5.41, 5.74) is 6.71. The van der Waals surface area contributed by atoms with Gasteiger partial charge < -0.3 is 20.5 Å². The van der Waals surface area contributed by atoms with Gasteiger partial charge in [-0.05, 0) is 24.3 Å². The SMILES string of the molecule is CC(CNC(=O)[C@@H]1CC[C@H](CN)O1)COCc1ccccc1. The normalized spacial score (nSPS) is 22.5. The van der Waals surface area contributed by atoms with Gasteiger partial charge >= 0.3 is 0 Å². The molecule has 5 nitrogen and oxygen atoms in total. The van der Waals surface area contributed by atoms with Crippen LogP contribution in [0.1, 0.15) is 25.3 Å². The first kappa shape index (κ1) is 16.9. The summed E-state index contributed by atoms with van der Waals surface area (Å²) in [6, 6.07) is 10.1. The molecular formula is C17H26N2O3. The Hall–Kier alpha value is -1.43. The molecule has 3 atom stereocenters. The number of rotatable bonds is 8. The molecule has 1 aliphatic heterocycles. The molecule has 0 aromatic heterocycles. The second kappa shape index (κ2) is 8.88. The molecule has 0 spiro atoms. The van der Waals surface area contributed by atoms with E-state index in [2.05, 4.69) is 12.2 Å². The minimum absolute atomic E-state index is 0.0300. The van der Waals surface area contributed by atoms with Gasteiger partial charge in [-0.2, -0.15) is 0 Å². The van der Waals surface area contributed by atoms with Crippen molar-refractivity contribution in [1.29, 1.82) is 0 Å². The third-order valence-corrected chi connectivity index (χ3v) is 3.80. The van der Waals surface area contributed by atoms with Crippen LogP contribution < -0.4 is 11.1 Å². The van der Waals surface area contributed by atoms with E-state index in [1.807, 2.05) is 30.3 Å². The summed E-state index contributed by atoms with van der Waals surface area (Å²) < 4.78 is 11.2. The highest BCUT2D eigenvalue weighted by atomic mass is 16.5. The molecule has 0 aliphatic carbocycles. The van der Waals surface area contributed by atoms with E-state index < -0.39 is 0 Å². The molecule has 22 heavy (non-hydrogen) atoms. The Morgan fingerprint density at radius 1 is 1.41 bits per heavy atom. The Morgan fingerprint density at radius 2 is 2.18 bits per heavy atom. The number of nitrogens with one attached hydrogen (secondary N) is 1. The molecule has 1 amide bonds. The zero-order valence-corrected chi connectivity index (χ0v) is 13.2. The molecule has 3 N–H and O–H groups in total. The molecule has 5 heteroatoms. The van der Waals surface area contributed by atoms with E-state index in [1.54, 1.807) is 0 Å². The molecule has 0 saturated carbocycles. The standard InChI is InChI=1S/C17H26N2O3/c1-13(11-21-12-14-5-3-2-4-6-14)10-19-17(20)16-8-7-15(9-18)22-16/h2-6,13,15-16H,7-12,18H2,1H3,(H,19,20)/t13?,15-,16+/m1/s1. The highest BCUT2D eigenvalue weighted by Crippen LogP contribution is 2.18. The summed E-state index contributed by atoms with van der Waals surface area (Å²) in [5.74, 6) is 0.227. The number of hydrogen-bond acceptors (Lipinski definition) is 4. The van der Waals surface area contributed by atoms with E-state index in [-0.39, 0.29) is 24.0 Å². The van der Waals surface area contributed by atoms with Crippen LogP contribution in [0.2, 0.25) is 0 Å². The predicted molar refractivity (Wildman–Crippen MR) is 85.2 cm³/mol. The third kappa shape index (κ3) is 5.40. The maximum absolute atomic E-state index is 12.0. The van der Waals surface area contributed by atoms with Crippen molar-refractivity contribution in [2.75, 3.05) is 19.7 Å². The molecular weight excluding hydrogens is 280 g/mol. The summed E-state index contributed by atoms with van der Waals surface area (Å²) in [5, 5.41) is 2.93. The Labute approximate surface area is 132 Å². The van der Waals surface area contributed by atoms with Crippen LogP contribution >= 0.6 is 0 Å². The second-order valence-corrected chi connectivity index (χ2v) is 5.91. The number of carbonyl (C=O) groups excluding carboxylic acids is 1. The van der Waals surface area contributed by atoms with Crippen molar-refractivity contribution in [3.05, 3.63) is 35.9 Å². The lowest BCUT2D eigenvalue weighted by molar-refractivity contribution is -0.132. The summed E-state index contributed by atoms with van der Waals surface area (Å²) >= 11 is 0. The van der Waals surface area contributed by atoms with Crippen molar-refractivity contribution in [3.8, 4) is 0 Å². The lowest BCUT2D eigenvalue weighted by Crippen LogP contribution is -2.38. The minimum atomic E-state index is -0.342. The quantitative estimate of drug-likeness (QED) is 0.762. The number of ether oxygens (including phenoxy) is 2. The molecule has 2 rings (SSSR count). The Morgan fingerprint density at radius 3 is 2.86 bits per heavy atom. The van der Waals surface area contributed by atoms with E-state index in [0.717, 1.165) is 18.4 Å². The first-order valence-corrected chi connectivity index (χ1v) is 7.94. The largest absolute Gasteiger partial charge is 0.376 e. The monoisotopic (exact) mass is 306 g/mol. The molecule has 122 valence electrons. The Bertz CT molecular complexity index is 452. The zero-order valence-electron chi connectivity index (χ0n) is 13.2. The van der Waals surface area contributed by atoms with E-state index >= 15 is 0 Å². The number of benzene rings is 1. The fourth-order valence-electron chi connectivity index (χ4n) is 2.47.